The Bertz CT molecular complexity index is 246. The molecule has 4 nitrogen and oxygen atoms in total. The molecule has 1 rings (SSSR count). The molecule has 0 radical (unpaired) electrons. The maximum atomic E-state index is 5.64. The minimum Gasteiger partial charge on any atom is -0.354 e. The lowest BCUT2D eigenvalue weighted by Crippen LogP contribution is -2.10. The number of rotatable bonds is 4. The van der Waals surface area contributed by atoms with E-state index in [2.05, 4.69) is 15.3 Å². The molecular formula is C7H13Cl3N4. The summed E-state index contributed by atoms with van der Waals surface area (Å²) in [6.07, 6.45) is 2.51. The Morgan fingerprint density at radius 2 is 2.14 bits per heavy atom. The van der Waals surface area contributed by atoms with E-state index in [4.69, 9.17) is 17.3 Å². The van der Waals surface area contributed by atoms with Crippen molar-refractivity contribution in [1.29, 1.82) is 0 Å². The molecule has 3 N–H and O–H groups in total. The zero-order valence-electron chi connectivity index (χ0n) is 7.44. The average Bonchev–Trinajstić information content (AvgIpc) is 2.05. The first-order chi connectivity index (χ1) is 5.83. The highest BCUT2D eigenvalue weighted by Gasteiger charge is 1.94. The smallest absolute Gasteiger partial charge is 0.224 e. The number of nitrogens with two attached hydrogens (primary N) is 1. The third kappa shape index (κ3) is 6.21. The lowest BCUT2D eigenvalue weighted by Gasteiger charge is -2.01. The number of aromatic nitrogens is 2. The van der Waals surface area contributed by atoms with Crippen LogP contribution in [0.25, 0.3) is 0 Å². The van der Waals surface area contributed by atoms with Gasteiger partial charge in [-0.25, -0.2) is 9.97 Å². The van der Waals surface area contributed by atoms with E-state index in [-0.39, 0.29) is 24.8 Å². The molecule has 0 saturated carbocycles. The average molecular weight is 260 g/mol. The van der Waals surface area contributed by atoms with Gasteiger partial charge in [-0.05, 0) is 19.0 Å². The van der Waals surface area contributed by atoms with E-state index in [9.17, 15) is 0 Å². The molecule has 1 aromatic rings. The van der Waals surface area contributed by atoms with Crippen molar-refractivity contribution in [2.75, 3.05) is 18.4 Å². The van der Waals surface area contributed by atoms with Crippen LogP contribution >= 0.6 is 36.4 Å². The number of halogens is 3. The number of hydrogen-bond acceptors (Lipinski definition) is 4. The summed E-state index contributed by atoms with van der Waals surface area (Å²) in [7, 11) is 0. The van der Waals surface area contributed by atoms with Gasteiger partial charge in [0.05, 0.1) is 0 Å². The Hall–Kier alpha value is -0.290. The molecule has 0 bridgehead atoms. The number of anilines is 1. The van der Waals surface area contributed by atoms with E-state index >= 15 is 0 Å². The highest BCUT2D eigenvalue weighted by atomic mass is 35.5. The van der Waals surface area contributed by atoms with Gasteiger partial charge in [-0.1, -0.05) is 11.6 Å². The molecule has 0 aromatic carbocycles. The molecule has 1 heterocycles. The van der Waals surface area contributed by atoms with Gasteiger partial charge in [-0.2, -0.15) is 0 Å². The van der Waals surface area contributed by atoms with Crippen molar-refractivity contribution in [3.63, 3.8) is 0 Å². The van der Waals surface area contributed by atoms with E-state index in [1.165, 1.54) is 0 Å². The first-order valence-electron chi connectivity index (χ1n) is 3.75. The summed E-state index contributed by atoms with van der Waals surface area (Å²) in [5, 5.41) is 3.44. The Morgan fingerprint density at radius 3 is 2.71 bits per heavy atom. The van der Waals surface area contributed by atoms with Crippen LogP contribution in [-0.4, -0.2) is 23.1 Å². The van der Waals surface area contributed by atoms with E-state index in [0.717, 1.165) is 13.0 Å². The molecule has 0 aliphatic heterocycles. The topological polar surface area (TPSA) is 63.8 Å². The van der Waals surface area contributed by atoms with Crippen LogP contribution in [0.2, 0.25) is 5.15 Å². The van der Waals surface area contributed by atoms with Gasteiger partial charge in [0.1, 0.15) is 5.15 Å². The van der Waals surface area contributed by atoms with Gasteiger partial charge in [0.2, 0.25) is 5.95 Å². The first-order valence-corrected chi connectivity index (χ1v) is 4.13. The van der Waals surface area contributed by atoms with Crippen LogP contribution in [0.15, 0.2) is 12.3 Å². The minimum atomic E-state index is 0. The quantitative estimate of drug-likeness (QED) is 0.638. The van der Waals surface area contributed by atoms with Crippen molar-refractivity contribution >= 4 is 42.4 Å². The zero-order chi connectivity index (χ0) is 8.81. The van der Waals surface area contributed by atoms with Crippen molar-refractivity contribution < 1.29 is 0 Å². The summed E-state index contributed by atoms with van der Waals surface area (Å²) in [5.41, 5.74) is 5.32. The highest BCUT2D eigenvalue weighted by molar-refractivity contribution is 6.29. The molecule has 0 aliphatic carbocycles. The monoisotopic (exact) mass is 258 g/mol. The molecule has 0 unspecified atom stereocenters. The van der Waals surface area contributed by atoms with Gasteiger partial charge in [-0.3, -0.25) is 0 Å². The molecule has 0 amide bonds. The van der Waals surface area contributed by atoms with E-state index in [1.54, 1.807) is 12.3 Å². The maximum Gasteiger partial charge on any atom is 0.224 e. The number of nitrogens with zero attached hydrogens (tertiary/aromatic N) is 2. The van der Waals surface area contributed by atoms with E-state index in [0.29, 0.717) is 17.6 Å². The van der Waals surface area contributed by atoms with E-state index < -0.39 is 0 Å². The van der Waals surface area contributed by atoms with E-state index in [1.807, 2.05) is 0 Å². The predicted molar refractivity (Wildman–Crippen MR) is 63.7 cm³/mol. The lowest BCUT2D eigenvalue weighted by atomic mass is 10.4. The fourth-order valence-corrected chi connectivity index (χ4v) is 0.861. The summed E-state index contributed by atoms with van der Waals surface area (Å²) in [5.74, 6) is 0.552. The SMILES string of the molecule is Cl.Cl.NCCCNc1nccc(Cl)n1. The lowest BCUT2D eigenvalue weighted by molar-refractivity contribution is 0.864. The van der Waals surface area contributed by atoms with Gasteiger partial charge in [0, 0.05) is 12.7 Å². The molecule has 0 atom stereocenters. The number of nitrogens with one attached hydrogen (secondary N) is 1. The minimum absolute atomic E-state index is 0. The van der Waals surface area contributed by atoms with Gasteiger partial charge in [0.25, 0.3) is 0 Å². The molecule has 14 heavy (non-hydrogen) atoms. The largest absolute Gasteiger partial charge is 0.354 e. The third-order valence-corrected chi connectivity index (χ3v) is 1.50. The molecule has 0 saturated heterocycles. The van der Waals surface area contributed by atoms with Gasteiger partial charge in [-0.15, -0.1) is 24.8 Å². The van der Waals surface area contributed by atoms with Gasteiger partial charge >= 0.3 is 0 Å². The summed E-state index contributed by atoms with van der Waals surface area (Å²) < 4.78 is 0. The Morgan fingerprint density at radius 1 is 1.43 bits per heavy atom. The Labute approximate surface area is 100 Å². The molecular weight excluding hydrogens is 246 g/mol. The molecule has 82 valence electrons. The zero-order valence-corrected chi connectivity index (χ0v) is 9.83. The summed E-state index contributed by atoms with van der Waals surface area (Å²) in [4.78, 5) is 7.91. The van der Waals surface area contributed by atoms with Gasteiger partial charge in [0.15, 0.2) is 0 Å². The third-order valence-electron chi connectivity index (χ3n) is 1.29. The second-order valence-electron chi connectivity index (χ2n) is 2.27. The molecule has 7 heteroatoms. The second-order valence-corrected chi connectivity index (χ2v) is 2.66. The molecule has 1 aromatic heterocycles. The van der Waals surface area contributed by atoms with Crippen LogP contribution in [0.1, 0.15) is 6.42 Å². The van der Waals surface area contributed by atoms with Crippen LogP contribution in [-0.2, 0) is 0 Å². The van der Waals surface area contributed by atoms with Crippen LogP contribution < -0.4 is 11.1 Å². The summed E-state index contributed by atoms with van der Waals surface area (Å²) in [6, 6.07) is 1.63. The Kier molecular flexibility index (Phi) is 10.7. The standard InChI is InChI=1S/C7H11ClN4.2ClH/c8-6-2-5-11-7(12-6)10-4-1-3-9;;/h2,5H,1,3-4,9H2,(H,10,11,12);2*1H. The highest BCUT2D eigenvalue weighted by Crippen LogP contribution is 2.04. The first kappa shape index (κ1) is 16.2. The van der Waals surface area contributed by atoms with Crippen LogP contribution in [0.4, 0.5) is 5.95 Å². The van der Waals surface area contributed by atoms with Crippen molar-refractivity contribution in [3.8, 4) is 0 Å². The van der Waals surface area contributed by atoms with Crippen molar-refractivity contribution in [1.82, 2.24) is 9.97 Å². The molecule has 0 spiro atoms. The van der Waals surface area contributed by atoms with Gasteiger partial charge < -0.3 is 11.1 Å². The maximum absolute atomic E-state index is 5.64. The number of hydrogen-bond donors (Lipinski definition) is 2. The molecule has 0 aliphatic rings. The summed E-state index contributed by atoms with van der Waals surface area (Å²) in [6.45, 7) is 1.43. The van der Waals surface area contributed by atoms with Crippen LogP contribution in [0.5, 0.6) is 0 Å². The van der Waals surface area contributed by atoms with Crippen LogP contribution in [0.3, 0.4) is 0 Å². The normalized spacial score (nSPS) is 8.43. The fraction of sp³-hybridized carbons (Fsp3) is 0.429. The van der Waals surface area contributed by atoms with Crippen molar-refractivity contribution in [2.45, 2.75) is 6.42 Å². The Balaban J connectivity index is 0. The fourth-order valence-electron chi connectivity index (χ4n) is 0.724. The second kappa shape index (κ2) is 9.27. The predicted octanol–water partition coefficient (Wildman–Crippen LogP) is 1.73. The van der Waals surface area contributed by atoms with Crippen molar-refractivity contribution in [2.24, 2.45) is 5.73 Å². The molecule has 0 fully saturated rings. The summed E-state index contributed by atoms with van der Waals surface area (Å²) >= 11 is 5.64. The van der Waals surface area contributed by atoms with Crippen LogP contribution in [0, 0.1) is 0 Å². The van der Waals surface area contributed by atoms with Crippen molar-refractivity contribution in [3.05, 3.63) is 17.4 Å².